The lowest BCUT2D eigenvalue weighted by molar-refractivity contribution is 0.194. The van der Waals surface area contributed by atoms with Gasteiger partial charge < -0.3 is 5.11 Å². The van der Waals surface area contributed by atoms with Crippen LogP contribution in [-0.2, 0) is 0 Å². The molecule has 1 atom stereocenters. The van der Waals surface area contributed by atoms with Gasteiger partial charge in [-0.15, -0.1) is 5.10 Å². The minimum Gasteiger partial charge on any atom is -0.387 e. The second-order valence-corrected chi connectivity index (χ2v) is 3.68. The van der Waals surface area contributed by atoms with Crippen LogP contribution in [-0.4, -0.2) is 20.1 Å². The molecule has 0 fully saturated rings. The zero-order valence-corrected chi connectivity index (χ0v) is 8.89. The molecule has 0 bridgehead atoms. The summed E-state index contributed by atoms with van der Waals surface area (Å²) < 4.78 is 1.58. The highest BCUT2D eigenvalue weighted by atomic mass is 35.5. The molecule has 0 saturated heterocycles. The quantitative estimate of drug-likeness (QED) is 0.847. The van der Waals surface area contributed by atoms with Crippen molar-refractivity contribution in [2.45, 2.75) is 13.0 Å². The fourth-order valence-corrected chi connectivity index (χ4v) is 1.40. The first kappa shape index (κ1) is 10.1. The molecule has 1 aromatic carbocycles. The minimum absolute atomic E-state index is 0.537. The van der Waals surface area contributed by atoms with Gasteiger partial charge in [-0.25, -0.2) is 4.68 Å². The van der Waals surface area contributed by atoms with Crippen LogP contribution in [0.1, 0.15) is 18.7 Å². The third kappa shape index (κ3) is 2.16. The molecule has 0 aliphatic heterocycles. The standard InChI is InChI=1S/C10H10ClN3O/c1-7(15)10-6-14(13-12-10)9-4-2-3-8(11)5-9/h2-7,15H,1H3. The van der Waals surface area contributed by atoms with Gasteiger partial charge in [-0.05, 0) is 25.1 Å². The Morgan fingerprint density at radius 1 is 1.47 bits per heavy atom. The molecule has 0 saturated carbocycles. The van der Waals surface area contributed by atoms with Crippen molar-refractivity contribution in [3.8, 4) is 5.69 Å². The molecule has 5 heteroatoms. The predicted octanol–water partition coefficient (Wildman–Crippen LogP) is 1.97. The second kappa shape index (κ2) is 4.00. The predicted molar refractivity (Wildman–Crippen MR) is 57.0 cm³/mol. The van der Waals surface area contributed by atoms with Gasteiger partial charge in [0.15, 0.2) is 0 Å². The molecule has 78 valence electrons. The number of aromatic nitrogens is 3. The first-order chi connectivity index (χ1) is 7.16. The van der Waals surface area contributed by atoms with Crippen LogP contribution in [0.3, 0.4) is 0 Å². The maximum Gasteiger partial charge on any atom is 0.111 e. The van der Waals surface area contributed by atoms with Gasteiger partial charge in [-0.3, -0.25) is 0 Å². The van der Waals surface area contributed by atoms with Gasteiger partial charge >= 0.3 is 0 Å². The van der Waals surface area contributed by atoms with Crippen LogP contribution in [0.15, 0.2) is 30.5 Å². The van der Waals surface area contributed by atoms with E-state index in [4.69, 9.17) is 11.6 Å². The molecule has 15 heavy (non-hydrogen) atoms. The lowest BCUT2D eigenvalue weighted by atomic mass is 10.3. The number of aliphatic hydroxyl groups excluding tert-OH is 1. The van der Waals surface area contributed by atoms with Crippen LogP contribution in [0.5, 0.6) is 0 Å². The van der Waals surface area contributed by atoms with E-state index in [1.165, 1.54) is 0 Å². The van der Waals surface area contributed by atoms with Gasteiger partial charge in [0.1, 0.15) is 5.69 Å². The molecular formula is C10H10ClN3O. The van der Waals surface area contributed by atoms with E-state index in [1.807, 2.05) is 12.1 Å². The zero-order chi connectivity index (χ0) is 10.8. The summed E-state index contributed by atoms with van der Waals surface area (Å²) in [6.07, 6.45) is 1.06. The highest BCUT2D eigenvalue weighted by Gasteiger charge is 2.07. The number of nitrogens with zero attached hydrogens (tertiary/aromatic N) is 3. The van der Waals surface area contributed by atoms with E-state index in [9.17, 15) is 5.11 Å². The van der Waals surface area contributed by atoms with E-state index in [0.717, 1.165) is 5.69 Å². The Balaban J connectivity index is 2.37. The van der Waals surface area contributed by atoms with Gasteiger partial charge in [0.2, 0.25) is 0 Å². The average Bonchev–Trinajstić information content (AvgIpc) is 2.66. The van der Waals surface area contributed by atoms with Crippen LogP contribution in [0, 0.1) is 0 Å². The summed E-state index contributed by atoms with van der Waals surface area (Å²) in [5.74, 6) is 0. The summed E-state index contributed by atoms with van der Waals surface area (Å²) in [5.41, 5.74) is 1.36. The van der Waals surface area contributed by atoms with Crippen molar-refractivity contribution in [1.29, 1.82) is 0 Å². The molecule has 0 aliphatic carbocycles. The molecule has 1 aromatic heterocycles. The van der Waals surface area contributed by atoms with Crippen molar-refractivity contribution in [1.82, 2.24) is 15.0 Å². The van der Waals surface area contributed by atoms with Gasteiger partial charge in [0.25, 0.3) is 0 Å². The fourth-order valence-electron chi connectivity index (χ4n) is 1.21. The van der Waals surface area contributed by atoms with Crippen LogP contribution in [0.25, 0.3) is 5.69 Å². The summed E-state index contributed by atoms with van der Waals surface area (Å²) in [6.45, 7) is 1.65. The summed E-state index contributed by atoms with van der Waals surface area (Å²) in [5, 5.41) is 17.7. The monoisotopic (exact) mass is 223 g/mol. The summed E-state index contributed by atoms with van der Waals surface area (Å²) in [4.78, 5) is 0. The van der Waals surface area contributed by atoms with Gasteiger partial charge in [-0.2, -0.15) is 0 Å². The number of aliphatic hydroxyl groups is 1. The van der Waals surface area contributed by atoms with E-state index < -0.39 is 6.10 Å². The van der Waals surface area contributed by atoms with Crippen molar-refractivity contribution in [2.75, 3.05) is 0 Å². The molecule has 1 unspecified atom stereocenters. The third-order valence-corrected chi connectivity index (χ3v) is 2.25. The van der Waals surface area contributed by atoms with Crippen LogP contribution < -0.4 is 0 Å². The van der Waals surface area contributed by atoms with E-state index >= 15 is 0 Å². The number of rotatable bonds is 2. The minimum atomic E-state index is -0.613. The lowest BCUT2D eigenvalue weighted by Gasteiger charge is -1.99. The third-order valence-electron chi connectivity index (χ3n) is 2.01. The maximum atomic E-state index is 9.30. The first-order valence-electron chi connectivity index (χ1n) is 4.53. The highest BCUT2D eigenvalue weighted by Crippen LogP contribution is 2.15. The van der Waals surface area contributed by atoms with Gasteiger partial charge in [0, 0.05) is 5.02 Å². The van der Waals surface area contributed by atoms with Crippen LogP contribution in [0.2, 0.25) is 5.02 Å². The second-order valence-electron chi connectivity index (χ2n) is 3.24. The molecule has 4 nitrogen and oxygen atoms in total. The van der Waals surface area contributed by atoms with Crippen LogP contribution >= 0.6 is 11.6 Å². The van der Waals surface area contributed by atoms with E-state index in [0.29, 0.717) is 10.7 Å². The molecule has 0 radical (unpaired) electrons. The Bertz CT molecular complexity index is 467. The summed E-state index contributed by atoms with van der Waals surface area (Å²) >= 11 is 5.85. The number of hydrogen-bond acceptors (Lipinski definition) is 3. The number of benzene rings is 1. The highest BCUT2D eigenvalue weighted by molar-refractivity contribution is 6.30. The van der Waals surface area contributed by atoms with Crippen LogP contribution in [0.4, 0.5) is 0 Å². The molecule has 1 N–H and O–H groups in total. The SMILES string of the molecule is CC(O)c1cn(-c2cccc(Cl)c2)nn1. The molecular weight excluding hydrogens is 214 g/mol. The Kier molecular flexibility index (Phi) is 2.70. The largest absolute Gasteiger partial charge is 0.387 e. The smallest absolute Gasteiger partial charge is 0.111 e. The summed E-state index contributed by atoms with van der Waals surface area (Å²) in [6, 6.07) is 7.27. The zero-order valence-electron chi connectivity index (χ0n) is 8.13. The Morgan fingerprint density at radius 2 is 2.27 bits per heavy atom. The Morgan fingerprint density at radius 3 is 2.87 bits per heavy atom. The topological polar surface area (TPSA) is 50.9 Å². The molecule has 2 rings (SSSR count). The molecule has 2 aromatic rings. The molecule has 1 heterocycles. The van der Waals surface area contributed by atoms with E-state index in [1.54, 1.807) is 29.9 Å². The molecule has 0 spiro atoms. The van der Waals surface area contributed by atoms with Gasteiger partial charge in [0.05, 0.1) is 18.0 Å². The Hall–Kier alpha value is -1.39. The lowest BCUT2D eigenvalue weighted by Crippen LogP contribution is -1.94. The molecule has 0 aliphatic rings. The average molecular weight is 224 g/mol. The molecule has 0 amide bonds. The fraction of sp³-hybridized carbons (Fsp3) is 0.200. The van der Waals surface area contributed by atoms with Crippen molar-refractivity contribution in [3.63, 3.8) is 0 Å². The van der Waals surface area contributed by atoms with E-state index in [2.05, 4.69) is 10.3 Å². The first-order valence-corrected chi connectivity index (χ1v) is 4.91. The normalized spacial score (nSPS) is 12.7. The van der Waals surface area contributed by atoms with Crippen molar-refractivity contribution in [3.05, 3.63) is 41.2 Å². The maximum absolute atomic E-state index is 9.30. The van der Waals surface area contributed by atoms with E-state index in [-0.39, 0.29) is 0 Å². The Labute approximate surface area is 92.1 Å². The van der Waals surface area contributed by atoms with Crippen molar-refractivity contribution < 1.29 is 5.11 Å². The van der Waals surface area contributed by atoms with Crippen molar-refractivity contribution in [2.24, 2.45) is 0 Å². The number of hydrogen-bond donors (Lipinski definition) is 1. The summed E-state index contributed by atoms with van der Waals surface area (Å²) in [7, 11) is 0. The number of halogens is 1. The van der Waals surface area contributed by atoms with Crippen molar-refractivity contribution >= 4 is 11.6 Å². The van der Waals surface area contributed by atoms with Gasteiger partial charge in [-0.1, -0.05) is 22.9 Å².